The summed E-state index contributed by atoms with van der Waals surface area (Å²) in [6.07, 6.45) is 2.44. The predicted octanol–water partition coefficient (Wildman–Crippen LogP) is 3.41. The van der Waals surface area contributed by atoms with Crippen molar-refractivity contribution in [2.75, 3.05) is 18.8 Å². The molecule has 5 nitrogen and oxygen atoms in total. The third-order valence-corrected chi connectivity index (χ3v) is 4.80. The Morgan fingerprint density at radius 1 is 1.22 bits per heavy atom. The predicted molar refractivity (Wildman–Crippen MR) is 94.7 cm³/mol. The van der Waals surface area contributed by atoms with Crippen LogP contribution in [-0.2, 0) is 11.3 Å². The summed E-state index contributed by atoms with van der Waals surface area (Å²) in [5, 5.41) is 9.53. The maximum Gasteiger partial charge on any atom is 0.233 e. The van der Waals surface area contributed by atoms with E-state index in [4.69, 9.17) is 0 Å². The van der Waals surface area contributed by atoms with Gasteiger partial charge in [-0.1, -0.05) is 39.5 Å². The van der Waals surface area contributed by atoms with E-state index in [1.165, 1.54) is 24.6 Å². The number of hydrogen-bond donors (Lipinski definition) is 0. The minimum atomic E-state index is 0.205. The van der Waals surface area contributed by atoms with E-state index in [9.17, 15) is 4.79 Å². The van der Waals surface area contributed by atoms with Gasteiger partial charge in [-0.3, -0.25) is 4.79 Å². The number of carbonyl (C=O) groups is 1. The quantitative estimate of drug-likeness (QED) is 0.648. The first-order chi connectivity index (χ1) is 10.9. The summed E-state index contributed by atoms with van der Waals surface area (Å²) in [5.74, 6) is 3.32. The van der Waals surface area contributed by atoms with E-state index in [0.717, 1.165) is 30.6 Å². The summed E-state index contributed by atoms with van der Waals surface area (Å²) in [5.41, 5.74) is 0. The van der Waals surface area contributed by atoms with Gasteiger partial charge in [0, 0.05) is 25.6 Å². The van der Waals surface area contributed by atoms with Crippen LogP contribution in [0.3, 0.4) is 0 Å². The Balaban J connectivity index is 1.96. The molecule has 130 valence electrons. The Morgan fingerprint density at radius 3 is 2.30 bits per heavy atom. The van der Waals surface area contributed by atoms with Gasteiger partial charge >= 0.3 is 0 Å². The Kier molecular flexibility index (Phi) is 6.50. The van der Waals surface area contributed by atoms with Crippen molar-refractivity contribution in [1.82, 2.24) is 19.7 Å². The molecule has 1 amide bonds. The Morgan fingerprint density at radius 2 is 1.83 bits per heavy atom. The van der Waals surface area contributed by atoms with Crippen molar-refractivity contribution in [2.45, 2.75) is 65.1 Å². The second-order valence-electron chi connectivity index (χ2n) is 7.23. The van der Waals surface area contributed by atoms with Gasteiger partial charge in [0.25, 0.3) is 0 Å². The van der Waals surface area contributed by atoms with Gasteiger partial charge in [-0.2, -0.15) is 0 Å². The molecule has 1 aromatic rings. The summed E-state index contributed by atoms with van der Waals surface area (Å²) in [4.78, 5) is 14.6. The van der Waals surface area contributed by atoms with E-state index in [0.29, 0.717) is 23.5 Å². The molecule has 1 fully saturated rings. The van der Waals surface area contributed by atoms with E-state index < -0.39 is 0 Å². The lowest BCUT2D eigenvalue weighted by Crippen LogP contribution is -2.38. The number of amides is 1. The molecule has 0 aliphatic heterocycles. The number of nitrogens with zero attached hydrogens (tertiary/aromatic N) is 4. The number of thioether (sulfide) groups is 1. The van der Waals surface area contributed by atoms with E-state index in [1.807, 2.05) is 4.90 Å². The Labute approximate surface area is 144 Å². The van der Waals surface area contributed by atoms with Gasteiger partial charge in [0.15, 0.2) is 5.16 Å². The molecule has 0 unspecified atom stereocenters. The molecule has 6 heteroatoms. The molecule has 0 atom stereocenters. The highest BCUT2D eigenvalue weighted by molar-refractivity contribution is 7.99. The first-order valence-electron chi connectivity index (χ1n) is 8.76. The molecular weight excluding hydrogens is 308 g/mol. The van der Waals surface area contributed by atoms with Crippen molar-refractivity contribution in [3.05, 3.63) is 5.82 Å². The highest BCUT2D eigenvalue weighted by atomic mass is 32.2. The van der Waals surface area contributed by atoms with Crippen molar-refractivity contribution in [3.8, 4) is 0 Å². The second kappa shape index (κ2) is 8.18. The lowest BCUT2D eigenvalue weighted by molar-refractivity contribution is -0.129. The van der Waals surface area contributed by atoms with Gasteiger partial charge in [0.1, 0.15) is 5.82 Å². The largest absolute Gasteiger partial charge is 0.341 e. The normalized spacial score (nSPS) is 14.7. The molecule has 23 heavy (non-hydrogen) atoms. The fourth-order valence-corrected chi connectivity index (χ4v) is 3.64. The highest BCUT2D eigenvalue weighted by Gasteiger charge is 2.30. The van der Waals surface area contributed by atoms with Crippen molar-refractivity contribution < 1.29 is 4.79 Å². The molecule has 1 aromatic heterocycles. The van der Waals surface area contributed by atoms with Crippen LogP contribution in [0.1, 0.15) is 59.2 Å². The van der Waals surface area contributed by atoms with Crippen LogP contribution in [0.2, 0.25) is 0 Å². The van der Waals surface area contributed by atoms with Crippen LogP contribution in [0.15, 0.2) is 5.16 Å². The Bertz CT molecular complexity index is 513. The smallest absolute Gasteiger partial charge is 0.233 e. The molecule has 1 aliphatic rings. The van der Waals surface area contributed by atoms with Crippen LogP contribution in [0.4, 0.5) is 0 Å². The number of aromatic nitrogens is 3. The summed E-state index contributed by atoms with van der Waals surface area (Å²) < 4.78 is 2.17. The first kappa shape index (κ1) is 18.3. The summed E-state index contributed by atoms with van der Waals surface area (Å²) in [6, 6.07) is 0. The van der Waals surface area contributed by atoms with Gasteiger partial charge in [-0.25, -0.2) is 0 Å². The third kappa shape index (κ3) is 5.23. The van der Waals surface area contributed by atoms with Crippen LogP contribution in [0.25, 0.3) is 0 Å². The Hall–Kier alpha value is -1.04. The van der Waals surface area contributed by atoms with Crippen LogP contribution < -0.4 is 0 Å². The van der Waals surface area contributed by atoms with Crippen molar-refractivity contribution in [3.63, 3.8) is 0 Å². The summed E-state index contributed by atoms with van der Waals surface area (Å²) in [6.45, 7) is 13.3. The van der Waals surface area contributed by atoms with Crippen LogP contribution >= 0.6 is 11.8 Å². The molecular formula is C17H30N4OS. The zero-order valence-corrected chi connectivity index (χ0v) is 15.9. The van der Waals surface area contributed by atoms with Crippen molar-refractivity contribution in [2.24, 2.45) is 11.8 Å². The molecule has 0 spiro atoms. The average molecular weight is 339 g/mol. The molecule has 2 rings (SSSR count). The van der Waals surface area contributed by atoms with Gasteiger partial charge in [-0.05, 0) is 31.6 Å². The number of carbonyl (C=O) groups excluding carboxylic acids is 1. The molecule has 0 radical (unpaired) electrons. The van der Waals surface area contributed by atoms with Crippen LogP contribution in [-0.4, -0.2) is 44.4 Å². The minimum absolute atomic E-state index is 0.205. The number of hydrogen-bond acceptors (Lipinski definition) is 4. The van der Waals surface area contributed by atoms with E-state index >= 15 is 0 Å². The van der Waals surface area contributed by atoms with Crippen molar-refractivity contribution >= 4 is 17.7 Å². The standard InChI is InChI=1S/C17H30N4OS/c1-6-21-16(14-7-8-14)18-19-17(21)23-11-15(22)20(9-12(2)3)10-13(4)5/h12-14H,6-11H2,1-5H3. The molecule has 0 bridgehead atoms. The molecule has 1 heterocycles. The molecule has 0 aromatic carbocycles. The van der Waals surface area contributed by atoms with E-state index in [-0.39, 0.29) is 5.91 Å². The fourth-order valence-electron chi connectivity index (χ4n) is 2.72. The highest BCUT2D eigenvalue weighted by Crippen LogP contribution is 2.39. The van der Waals surface area contributed by atoms with Crippen LogP contribution in [0.5, 0.6) is 0 Å². The molecule has 0 saturated heterocycles. The topological polar surface area (TPSA) is 51.0 Å². The maximum atomic E-state index is 12.6. The van der Waals surface area contributed by atoms with E-state index in [2.05, 4.69) is 49.4 Å². The van der Waals surface area contributed by atoms with Gasteiger partial charge in [0.05, 0.1) is 5.75 Å². The van der Waals surface area contributed by atoms with E-state index in [1.54, 1.807) is 0 Å². The minimum Gasteiger partial charge on any atom is -0.341 e. The lowest BCUT2D eigenvalue weighted by Gasteiger charge is -2.26. The van der Waals surface area contributed by atoms with Gasteiger partial charge < -0.3 is 9.47 Å². The maximum absolute atomic E-state index is 12.6. The van der Waals surface area contributed by atoms with Gasteiger partial charge in [0.2, 0.25) is 5.91 Å². The third-order valence-electron chi connectivity index (χ3n) is 3.85. The van der Waals surface area contributed by atoms with Crippen LogP contribution in [0, 0.1) is 11.8 Å². The fraction of sp³-hybridized carbons (Fsp3) is 0.824. The van der Waals surface area contributed by atoms with Gasteiger partial charge in [-0.15, -0.1) is 10.2 Å². The van der Waals surface area contributed by atoms with Crippen molar-refractivity contribution in [1.29, 1.82) is 0 Å². The summed E-state index contributed by atoms with van der Waals surface area (Å²) >= 11 is 1.53. The zero-order valence-electron chi connectivity index (χ0n) is 15.1. The molecule has 1 aliphatic carbocycles. The lowest BCUT2D eigenvalue weighted by atomic mass is 10.1. The SMILES string of the molecule is CCn1c(SCC(=O)N(CC(C)C)CC(C)C)nnc1C1CC1. The summed E-state index contributed by atoms with van der Waals surface area (Å²) in [7, 11) is 0. The zero-order chi connectivity index (χ0) is 17.0. The first-order valence-corrected chi connectivity index (χ1v) is 9.74. The average Bonchev–Trinajstić information content (AvgIpc) is 3.23. The number of rotatable bonds is 9. The molecule has 1 saturated carbocycles. The molecule has 0 N–H and O–H groups in total. The monoisotopic (exact) mass is 338 g/mol. The second-order valence-corrected chi connectivity index (χ2v) is 8.18.